The number of rotatable bonds is 6. The number of ether oxygens (including phenoxy) is 1. The van der Waals surface area contributed by atoms with E-state index in [2.05, 4.69) is 10.1 Å². The fourth-order valence-electron chi connectivity index (χ4n) is 2.57. The van der Waals surface area contributed by atoms with E-state index in [-0.39, 0.29) is 0 Å². The summed E-state index contributed by atoms with van der Waals surface area (Å²) in [7, 11) is 0. The lowest BCUT2D eigenvalue weighted by atomic mass is 9.95. The molecular weight excluding hydrogens is 388 g/mol. The molecular formula is C19H17F6NO2. The minimum Gasteiger partial charge on any atom is -0.482 e. The molecule has 9 heteroatoms. The number of nitrogens with one attached hydrogen (secondary N) is 1. The lowest BCUT2D eigenvalue weighted by Gasteiger charge is -2.19. The SMILES string of the molecule is CCC(C(=O)Nc1cc(C(F)(F)F)ccc1OCC(F)(F)F)c1ccccc1. The molecule has 1 atom stereocenters. The average Bonchev–Trinajstić information content (AvgIpc) is 2.60. The first-order chi connectivity index (χ1) is 13.0. The summed E-state index contributed by atoms with van der Waals surface area (Å²) in [5.41, 5.74) is -0.958. The second-order valence-corrected chi connectivity index (χ2v) is 5.97. The summed E-state index contributed by atoms with van der Waals surface area (Å²) in [6.07, 6.45) is -9.07. The third kappa shape index (κ3) is 5.90. The molecule has 3 nitrogen and oxygen atoms in total. The Morgan fingerprint density at radius 1 is 1.04 bits per heavy atom. The standard InChI is InChI=1S/C19H17F6NO2/c1-2-14(12-6-4-3-5-7-12)17(27)26-15-10-13(19(23,24)25)8-9-16(15)28-11-18(20,21)22/h3-10,14H,2,11H2,1H3,(H,26,27). The van der Waals surface area contributed by atoms with Crippen molar-refractivity contribution in [2.24, 2.45) is 0 Å². The summed E-state index contributed by atoms with van der Waals surface area (Å²) >= 11 is 0. The van der Waals surface area contributed by atoms with Gasteiger partial charge in [0.05, 0.1) is 17.2 Å². The van der Waals surface area contributed by atoms with E-state index in [1.54, 1.807) is 37.3 Å². The summed E-state index contributed by atoms with van der Waals surface area (Å²) in [5.74, 6) is -1.84. The molecule has 0 aliphatic rings. The van der Waals surface area contributed by atoms with Crippen LogP contribution in [0.1, 0.15) is 30.4 Å². The molecule has 0 heterocycles. The Morgan fingerprint density at radius 2 is 1.68 bits per heavy atom. The maximum Gasteiger partial charge on any atom is 0.422 e. The predicted molar refractivity (Wildman–Crippen MR) is 91.1 cm³/mol. The fraction of sp³-hybridized carbons (Fsp3) is 0.316. The number of halogens is 6. The largest absolute Gasteiger partial charge is 0.482 e. The molecule has 0 radical (unpaired) electrons. The van der Waals surface area contributed by atoms with Gasteiger partial charge in [0.25, 0.3) is 0 Å². The summed E-state index contributed by atoms with van der Waals surface area (Å²) in [6, 6.07) is 10.4. The van der Waals surface area contributed by atoms with Gasteiger partial charge in [0, 0.05) is 0 Å². The van der Waals surface area contributed by atoms with Crippen LogP contribution in [-0.2, 0) is 11.0 Å². The Bertz CT molecular complexity index is 802. The Balaban J connectivity index is 2.33. The van der Waals surface area contributed by atoms with Crippen LogP contribution in [0, 0.1) is 0 Å². The van der Waals surface area contributed by atoms with Gasteiger partial charge in [0.15, 0.2) is 6.61 Å². The van der Waals surface area contributed by atoms with Gasteiger partial charge in [-0.3, -0.25) is 4.79 Å². The second kappa shape index (κ2) is 8.53. The summed E-state index contributed by atoms with van der Waals surface area (Å²) in [6.45, 7) is 0.0155. The number of alkyl halides is 6. The van der Waals surface area contributed by atoms with Crippen LogP contribution < -0.4 is 10.1 Å². The van der Waals surface area contributed by atoms with E-state index in [9.17, 15) is 31.1 Å². The molecule has 0 saturated carbocycles. The lowest BCUT2D eigenvalue weighted by molar-refractivity contribution is -0.153. The second-order valence-electron chi connectivity index (χ2n) is 5.97. The van der Waals surface area contributed by atoms with Gasteiger partial charge in [0.1, 0.15) is 5.75 Å². The topological polar surface area (TPSA) is 38.3 Å². The van der Waals surface area contributed by atoms with Crippen molar-refractivity contribution in [1.29, 1.82) is 0 Å². The van der Waals surface area contributed by atoms with Crippen LogP contribution in [-0.4, -0.2) is 18.7 Å². The van der Waals surface area contributed by atoms with Crippen LogP contribution >= 0.6 is 0 Å². The van der Waals surface area contributed by atoms with E-state index in [0.29, 0.717) is 24.1 Å². The van der Waals surface area contributed by atoms with Crippen molar-refractivity contribution in [3.05, 3.63) is 59.7 Å². The van der Waals surface area contributed by atoms with Crippen molar-refractivity contribution in [2.75, 3.05) is 11.9 Å². The third-order valence-corrected chi connectivity index (χ3v) is 3.88. The molecule has 0 saturated heterocycles. The van der Waals surface area contributed by atoms with Crippen molar-refractivity contribution < 1.29 is 35.9 Å². The molecule has 0 aliphatic carbocycles. The zero-order chi connectivity index (χ0) is 20.9. The first-order valence-corrected chi connectivity index (χ1v) is 8.28. The molecule has 1 N–H and O–H groups in total. The molecule has 0 bridgehead atoms. The van der Waals surface area contributed by atoms with Gasteiger partial charge in [-0.1, -0.05) is 37.3 Å². The van der Waals surface area contributed by atoms with Crippen LogP contribution in [0.2, 0.25) is 0 Å². The number of hydrogen-bond acceptors (Lipinski definition) is 2. The van der Waals surface area contributed by atoms with E-state index >= 15 is 0 Å². The van der Waals surface area contributed by atoms with Gasteiger partial charge >= 0.3 is 12.4 Å². The van der Waals surface area contributed by atoms with E-state index in [0.717, 1.165) is 6.07 Å². The molecule has 0 aromatic heterocycles. The molecule has 2 rings (SSSR count). The summed E-state index contributed by atoms with van der Waals surface area (Å²) in [5, 5.41) is 2.28. The Morgan fingerprint density at radius 3 is 2.21 bits per heavy atom. The maximum absolute atomic E-state index is 13.0. The van der Waals surface area contributed by atoms with Crippen LogP contribution in [0.25, 0.3) is 0 Å². The lowest BCUT2D eigenvalue weighted by Crippen LogP contribution is -2.23. The number of benzene rings is 2. The monoisotopic (exact) mass is 405 g/mol. The van der Waals surface area contributed by atoms with Crippen molar-refractivity contribution in [3.63, 3.8) is 0 Å². The van der Waals surface area contributed by atoms with Crippen molar-refractivity contribution in [1.82, 2.24) is 0 Å². The normalized spacial score (nSPS) is 13.1. The molecule has 0 spiro atoms. The smallest absolute Gasteiger partial charge is 0.422 e. The Hall–Kier alpha value is -2.71. The first-order valence-electron chi connectivity index (χ1n) is 8.28. The van der Waals surface area contributed by atoms with Crippen molar-refractivity contribution in [2.45, 2.75) is 31.6 Å². The van der Waals surface area contributed by atoms with Gasteiger partial charge in [-0.25, -0.2) is 0 Å². The Labute approximate surface area is 157 Å². The van der Waals surface area contributed by atoms with Crippen LogP contribution in [0.4, 0.5) is 32.0 Å². The van der Waals surface area contributed by atoms with Crippen LogP contribution in [0.5, 0.6) is 5.75 Å². The third-order valence-electron chi connectivity index (χ3n) is 3.88. The van der Waals surface area contributed by atoms with Crippen molar-refractivity contribution >= 4 is 11.6 Å². The Kier molecular flexibility index (Phi) is 6.58. The van der Waals surface area contributed by atoms with Gasteiger partial charge < -0.3 is 10.1 Å². The number of anilines is 1. The number of amides is 1. The minimum atomic E-state index is -4.73. The van der Waals surface area contributed by atoms with E-state index in [4.69, 9.17) is 0 Å². The highest BCUT2D eigenvalue weighted by Crippen LogP contribution is 2.36. The molecule has 1 unspecified atom stereocenters. The minimum absolute atomic E-state index is 0.341. The number of hydrogen-bond donors (Lipinski definition) is 1. The molecule has 0 fully saturated rings. The predicted octanol–water partition coefficient (Wildman–Crippen LogP) is 5.78. The van der Waals surface area contributed by atoms with Crippen LogP contribution in [0.3, 0.4) is 0 Å². The first kappa shape index (κ1) is 21.6. The fourth-order valence-corrected chi connectivity index (χ4v) is 2.57. The number of carbonyl (C=O) groups excluding carboxylic acids is 1. The molecule has 2 aromatic rings. The maximum atomic E-state index is 13.0. The van der Waals surface area contributed by atoms with Gasteiger partial charge in [-0.05, 0) is 30.2 Å². The van der Waals surface area contributed by atoms with Crippen molar-refractivity contribution in [3.8, 4) is 5.75 Å². The van der Waals surface area contributed by atoms with Gasteiger partial charge in [-0.2, -0.15) is 26.3 Å². The highest BCUT2D eigenvalue weighted by atomic mass is 19.4. The van der Waals surface area contributed by atoms with Crippen LogP contribution in [0.15, 0.2) is 48.5 Å². The molecule has 0 aliphatic heterocycles. The molecule has 28 heavy (non-hydrogen) atoms. The van der Waals surface area contributed by atoms with E-state index < -0.39 is 47.8 Å². The quantitative estimate of drug-likeness (QED) is 0.619. The number of carbonyl (C=O) groups is 1. The molecule has 2 aromatic carbocycles. The van der Waals surface area contributed by atoms with Gasteiger partial charge in [-0.15, -0.1) is 0 Å². The summed E-state index contributed by atoms with van der Waals surface area (Å²) < 4.78 is 80.7. The van der Waals surface area contributed by atoms with Gasteiger partial charge in [0.2, 0.25) is 5.91 Å². The zero-order valence-electron chi connectivity index (χ0n) is 14.7. The average molecular weight is 405 g/mol. The highest BCUT2D eigenvalue weighted by Gasteiger charge is 2.33. The highest BCUT2D eigenvalue weighted by molar-refractivity contribution is 5.97. The molecule has 152 valence electrons. The zero-order valence-corrected chi connectivity index (χ0v) is 14.7. The summed E-state index contributed by atoms with van der Waals surface area (Å²) in [4.78, 5) is 12.6. The van der Waals surface area contributed by atoms with E-state index in [1.165, 1.54) is 0 Å². The molecule has 1 amide bonds. The van der Waals surface area contributed by atoms with E-state index in [1.807, 2.05) is 0 Å².